The first-order valence-electron chi connectivity index (χ1n) is 8.45. The minimum Gasteiger partial charge on any atom is -0.508 e. The highest BCUT2D eigenvalue weighted by molar-refractivity contribution is 7.90. The molecule has 2 N–H and O–H groups in total. The van der Waals surface area contributed by atoms with Crippen LogP contribution in [0.25, 0.3) is 11.4 Å². The van der Waals surface area contributed by atoms with E-state index in [1.54, 1.807) is 6.07 Å². The lowest BCUT2D eigenvalue weighted by molar-refractivity contribution is 0.174. The highest BCUT2D eigenvalue weighted by atomic mass is 32.2. The van der Waals surface area contributed by atoms with Crippen molar-refractivity contribution in [3.05, 3.63) is 52.4 Å². The van der Waals surface area contributed by atoms with E-state index < -0.39 is 15.7 Å². The van der Waals surface area contributed by atoms with Crippen LogP contribution in [0.3, 0.4) is 0 Å². The molecule has 9 nitrogen and oxygen atoms in total. The van der Waals surface area contributed by atoms with Gasteiger partial charge in [0.15, 0.2) is 17.3 Å². The minimum atomic E-state index is -4.26. The molecule has 0 unspecified atom stereocenters. The number of aromatic nitrogens is 3. The van der Waals surface area contributed by atoms with Crippen LogP contribution in [0.15, 0.2) is 46.1 Å². The van der Waals surface area contributed by atoms with E-state index >= 15 is 0 Å². The van der Waals surface area contributed by atoms with Gasteiger partial charge in [0.2, 0.25) is 6.79 Å². The van der Waals surface area contributed by atoms with Crippen molar-refractivity contribution in [2.45, 2.75) is 24.7 Å². The zero-order valence-corrected chi connectivity index (χ0v) is 15.9. The Labute approximate surface area is 160 Å². The molecule has 1 aromatic heterocycles. The third kappa shape index (κ3) is 2.82. The number of aromatic hydroxyl groups is 1. The summed E-state index contributed by atoms with van der Waals surface area (Å²) in [5, 5.41) is 16.1. The number of benzene rings is 2. The van der Waals surface area contributed by atoms with Gasteiger partial charge in [-0.2, -0.15) is 9.07 Å². The maximum atomic E-state index is 13.2. The smallest absolute Gasteiger partial charge is 0.357 e. The fourth-order valence-corrected chi connectivity index (χ4v) is 4.33. The van der Waals surface area contributed by atoms with Gasteiger partial charge in [0.05, 0.1) is 4.90 Å². The molecule has 1 aliphatic heterocycles. The lowest BCUT2D eigenvalue weighted by Crippen LogP contribution is -2.26. The van der Waals surface area contributed by atoms with E-state index in [4.69, 9.17) is 9.47 Å². The van der Waals surface area contributed by atoms with Gasteiger partial charge in [0.1, 0.15) is 5.75 Å². The van der Waals surface area contributed by atoms with Crippen LogP contribution in [-0.4, -0.2) is 34.5 Å². The Morgan fingerprint density at radius 3 is 2.64 bits per heavy atom. The number of ether oxygens (including phenoxy) is 2. The Kier molecular flexibility index (Phi) is 4.15. The molecule has 0 atom stereocenters. The van der Waals surface area contributed by atoms with Gasteiger partial charge in [-0.3, -0.25) is 0 Å². The Bertz CT molecular complexity index is 1230. The summed E-state index contributed by atoms with van der Waals surface area (Å²) in [5.74, 6) is 0.709. The molecule has 0 radical (unpaired) electrons. The van der Waals surface area contributed by atoms with E-state index in [0.29, 0.717) is 20.8 Å². The Morgan fingerprint density at radius 2 is 1.89 bits per heavy atom. The number of hydrogen-bond acceptors (Lipinski definition) is 7. The normalized spacial score (nSPS) is 13.2. The molecule has 28 heavy (non-hydrogen) atoms. The van der Waals surface area contributed by atoms with Gasteiger partial charge in [-0.25, -0.2) is 18.3 Å². The third-order valence-electron chi connectivity index (χ3n) is 4.42. The van der Waals surface area contributed by atoms with Crippen LogP contribution in [0.2, 0.25) is 0 Å². The SMILES string of the molecule is CC(C)c1cc(-c2n[nH]c(=O)n2S(=O)(=O)c2ccc3c(c2)OCO3)ccc1O. The van der Waals surface area contributed by atoms with Crippen LogP contribution >= 0.6 is 0 Å². The molecule has 10 heteroatoms. The Balaban J connectivity index is 1.88. The number of aromatic amines is 1. The summed E-state index contributed by atoms with van der Waals surface area (Å²) < 4.78 is 37.3. The Morgan fingerprint density at radius 1 is 1.14 bits per heavy atom. The molecular formula is C18H17N3O6S. The van der Waals surface area contributed by atoms with Crippen LogP contribution in [-0.2, 0) is 10.0 Å². The largest absolute Gasteiger partial charge is 0.508 e. The standard InChI is InChI=1S/C18H17N3O6S/c1-10(2)13-7-11(3-5-14(13)22)17-19-20-18(23)21(17)28(24,25)12-4-6-15-16(8-12)27-9-26-15/h3-8,10,22H,9H2,1-2H3,(H,20,23). The molecule has 1 aliphatic rings. The number of nitrogens with one attached hydrogen (secondary N) is 1. The van der Waals surface area contributed by atoms with Gasteiger partial charge in [-0.1, -0.05) is 13.8 Å². The summed E-state index contributed by atoms with van der Waals surface area (Å²) in [5.41, 5.74) is 0.0935. The molecule has 2 aromatic carbocycles. The molecule has 4 rings (SSSR count). The number of nitrogens with zero attached hydrogens (tertiary/aromatic N) is 2. The summed E-state index contributed by atoms with van der Waals surface area (Å²) >= 11 is 0. The molecule has 0 aliphatic carbocycles. The predicted molar refractivity (Wildman–Crippen MR) is 99.2 cm³/mol. The minimum absolute atomic E-state index is 0.00122. The fourth-order valence-electron chi connectivity index (χ4n) is 2.99. The van der Waals surface area contributed by atoms with Crippen LogP contribution in [0.4, 0.5) is 0 Å². The topological polar surface area (TPSA) is 124 Å². The molecule has 2 heterocycles. The van der Waals surface area contributed by atoms with Crippen LogP contribution in [0.1, 0.15) is 25.3 Å². The number of H-pyrrole nitrogens is 1. The highest BCUT2D eigenvalue weighted by Gasteiger charge is 2.27. The zero-order chi connectivity index (χ0) is 20.1. The number of phenols is 1. The van der Waals surface area contributed by atoms with E-state index in [1.807, 2.05) is 13.8 Å². The monoisotopic (exact) mass is 403 g/mol. The molecule has 0 saturated heterocycles. The second-order valence-corrected chi connectivity index (χ2v) is 8.35. The van der Waals surface area contributed by atoms with Gasteiger partial charge in [-0.05, 0) is 41.8 Å². The van der Waals surface area contributed by atoms with Crippen molar-refractivity contribution in [2.24, 2.45) is 0 Å². The van der Waals surface area contributed by atoms with E-state index in [9.17, 15) is 18.3 Å². The number of phenolic OH excluding ortho intramolecular Hbond substituents is 1. The maximum Gasteiger partial charge on any atom is 0.357 e. The zero-order valence-electron chi connectivity index (χ0n) is 15.0. The van der Waals surface area contributed by atoms with Crippen LogP contribution in [0, 0.1) is 0 Å². The molecule has 3 aromatic rings. The average molecular weight is 403 g/mol. The van der Waals surface area contributed by atoms with Crippen molar-refractivity contribution in [1.29, 1.82) is 0 Å². The molecule has 0 spiro atoms. The van der Waals surface area contributed by atoms with Crippen molar-refractivity contribution < 1.29 is 23.0 Å². The van der Waals surface area contributed by atoms with Crippen molar-refractivity contribution >= 4 is 10.0 Å². The highest BCUT2D eigenvalue weighted by Crippen LogP contribution is 2.35. The second kappa shape index (κ2) is 6.41. The van der Waals surface area contributed by atoms with Gasteiger partial charge in [0.25, 0.3) is 10.0 Å². The lowest BCUT2D eigenvalue weighted by atomic mass is 9.99. The number of hydrogen-bond donors (Lipinski definition) is 2. The third-order valence-corrected chi connectivity index (χ3v) is 6.09. The average Bonchev–Trinajstić information content (AvgIpc) is 3.27. The molecular weight excluding hydrogens is 386 g/mol. The van der Waals surface area contributed by atoms with Gasteiger partial charge in [0, 0.05) is 11.6 Å². The molecule has 0 fully saturated rings. The first-order valence-corrected chi connectivity index (χ1v) is 9.89. The lowest BCUT2D eigenvalue weighted by Gasteiger charge is -2.12. The van der Waals surface area contributed by atoms with Crippen LogP contribution in [0.5, 0.6) is 17.2 Å². The summed E-state index contributed by atoms with van der Waals surface area (Å²) in [7, 11) is -4.26. The van der Waals surface area contributed by atoms with E-state index in [0.717, 1.165) is 0 Å². The van der Waals surface area contributed by atoms with E-state index in [2.05, 4.69) is 10.2 Å². The van der Waals surface area contributed by atoms with E-state index in [1.165, 1.54) is 30.3 Å². The molecule has 0 saturated carbocycles. The van der Waals surface area contributed by atoms with Crippen molar-refractivity contribution in [1.82, 2.24) is 14.2 Å². The quantitative estimate of drug-likeness (QED) is 0.683. The first kappa shape index (κ1) is 18.1. The summed E-state index contributed by atoms with van der Waals surface area (Å²) in [6, 6.07) is 8.67. The van der Waals surface area contributed by atoms with Crippen LogP contribution < -0.4 is 15.2 Å². The maximum absolute atomic E-state index is 13.2. The van der Waals surface area contributed by atoms with Crippen molar-refractivity contribution in [3.8, 4) is 28.6 Å². The van der Waals surface area contributed by atoms with Gasteiger partial charge < -0.3 is 14.6 Å². The summed E-state index contributed by atoms with van der Waals surface area (Å²) in [6.45, 7) is 3.78. The second-order valence-electron chi connectivity index (χ2n) is 6.57. The van der Waals surface area contributed by atoms with Gasteiger partial charge in [-0.15, -0.1) is 0 Å². The fraction of sp³-hybridized carbons (Fsp3) is 0.222. The van der Waals surface area contributed by atoms with Crippen molar-refractivity contribution in [3.63, 3.8) is 0 Å². The molecule has 146 valence electrons. The predicted octanol–water partition coefficient (Wildman–Crippen LogP) is 2.03. The van der Waals surface area contributed by atoms with Crippen molar-refractivity contribution in [2.75, 3.05) is 6.79 Å². The summed E-state index contributed by atoms with van der Waals surface area (Å²) in [6.07, 6.45) is 0. The van der Waals surface area contributed by atoms with Gasteiger partial charge >= 0.3 is 5.69 Å². The summed E-state index contributed by atoms with van der Waals surface area (Å²) in [4.78, 5) is 12.2. The Hall–Kier alpha value is -3.27. The first-order chi connectivity index (χ1) is 13.3. The number of rotatable bonds is 4. The number of fused-ring (bicyclic) bond motifs is 1. The van der Waals surface area contributed by atoms with E-state index in [-0.39, 0.29) is 34.9 Å². The molecule has 0 bridgehead atoms. The molecule has 0 amide bonds.